The maximum atomic E-state index is 11.0. The lowest BCUT2D eigenvalue weighted by Gasteiger charge is -2.33. The van der Waals surface area contributed by atoms with Gasteiger partial charge in [-0.1, -0.05) is 24.3 Å². The summed E-state index contributed by atoms with van der Waals surface area (Å²) in [6, 6.07) is 9.06. The molecule has 1 aromatic carbocycles. The molecular weight excluding hydrogens is 318 g/mol. The molecule has 7 nitrogen and oxygen atoms in total. The molecule has 0 amide bonds. The van der Waals surface area contributed by atoms with Crippen LogP contribution >= 0.6 is 0 Å². The number of hydrogen-bond donors (Lipinski definition) is 1. The maximum absolute atomic E-state index is 11.0. The largest absolute Gasteiger partial charge is 0.355 e. The minimum atomic E-state index is -0.353. The predicted molar refractivity (Wildman–Crippen MR) is 97.4 cm³/mol. The average molecular weight is 339 g/mol. The molecule has 25 heavy (non-hydrogen) atoms. The molecular formula is C18H21N5O2. The molecule has 1 fully saturated rings. The zero-order valence-electron chi connectivity index (χ0n) is 13.9. The van der Waals surface area contributed by atoms with E-state index in [9.17, 15) is 10.1 Å². The fraction of sp³-hybridized carbons (Fsp3) is 0.333. The van der Waals surface area contributed by atoms with Crippen LogP contribution in [0.4, 0.5) is 11.5 Å². The number of benzene rings is 1. The van der Waals surface area contributed by atoms with E-state index < -0.39 is 0 Å². The van der Waals surface area contributed by atoms with Crippen LogP contribution < -0.4 is 10.2 Å². The summed E-state index contributed by atoms with van der Waals surface area (Å²) < 4.78 is 0. The Morgan fingerprint density at radius 1 is 1.36 bits per heavy atom. The van der Waals surface area contributed by atoms with Gasteiger partial charge in [0.1, 0.15) is 12.1 Å². The molecule has 1 atom stereocenters. The molecule has 1 N–H and O–H groups in total. The number of nitrogens with one attached hydrogen (secondary N) is 1. The standard InChI is InChI=1S/C18H21N5O2/c24-23(25)17-8-2-1-5-15(17)6-3-10-20-16-7-4-12-22(13-16)18-9-11-19-14-21-18/h1-3,5-6,8-9,11,14,16,20H,4,7,10,12-13H2. The van der Waals surface area contributed by atoms with Gasteiger partial charge in [0.05, 0.1) is 10.5 Å². The first kappa shape index (κ1) is 17.0. The van der Waals surface area contributed by atoms with Gasteiger partial charge in [0, 0.05) is 37.9 Å². The van der Waals surface area contributed by atoms with Crippen molar-refractivity contribution >= 4 is 17.6 Å². The van der Waals surface area contributed by atoms with Crippen molar-refractivity contribution in [3.05, 3.63) is 64.6 Å². The van der Waals surface area contributed by atoms with Crippen molar-refractivity contribution in [2.45, 2.75) is 18.9 Å². The Morgan fingerprint density at radius 3 is 3.04 bits per heavy atom. The Bertz CT molecular complexity index is 735. The topological polar surface area (TPSA) is 84.2 Å². The lowest BCUT2D eigenvalue weighted by molar-refractivity contribution is -0.385. The van der Waals surface area contributed by atoms with Crippen molar-refractivity contribution in [3.63, 3.8) is 0 Å². The highest BCUT2D eigenvalue weighted by Crippen LogP contribution is 2.19. The second-order valence-corrected chi connectivity index (χ2v) is 5.98. The second kappa shape index (κ2) is 8.34. The molecule has 0 spiro atoms. The minimum Gasteiger partial charge on any atom is -0.355 e. The van der Waals surface area contributed by atoms with Crippen molar-refractivity contribution < 1.29 is 4.92 Å². The Kier molecular flexibility index (Phi) is 5.69. The summed E-state index contributed by atoms with van der Waals surface area (Å²) in [4.78, 5) is 21.2. The molecule has 2 aromatic rings. The third-order valence-corrected chi connectivity index (χ3v) is 4.27. The van der Waals surface area contributed by atoms with E-state index >= 15 is 0 Å². The summed E-state index contributed by atoms with van der Waals surface area (Å²) in [7, 11) is 0. The quantitative estimate of drug-likeness (QED) is 0.643. The highest BCUT2D eigenvalue weighted by atomic mass is 16.6. The van der Waals surface area contributed by atoms with Gasteiger partial charge >= 0.3 is 0 Å². The van der Waals surface area contributed by atoms with Crippen LogP contribution in [0.3, 0.4) is 0 Å². The van der Waals surface area contributed by atoms with Crippen LogP contribution in [0.1, 0.15) is 18.4 Å². The zero-order chi connectivity index (χ0) is 17.5. The third-order valence-electron chi connectivity index (χ3n) is 4.27. The number of piperidine rings is 1. The van der Waals surface area contributed by atoms with Crippen LogP contribution in [0.2, 0.25) is 0 Å². The monoisotopic (exact) mass is 339 g/mol. The van der Waals surface area contributed by atoms with Crippen LogP contribution in [0.5, 0.6) is 0 Å². The number of anilines is 1. The molecule has 0 bridgehead atoms. The normalized spacial score (nSPS) is 17.8. The van der Waals surface area contributed by atoms with E-state index in [-0.39, 0.29) is 10.6 Å². The molecule has 1 aromatic heterocycles. The molecule has 2 heterocycles. The number of nitro benzene ring substituents is 1. The van der Waals surface area contributed by atoms with Crippen molar-refractivity contribution in [3.8, 4) is 0 Å². The van der Waals surface area contributed by atoms with Crippen molar-refractivity contribution in [2.75, 3.05) is 24.5 Å². The number of nitro groups is 1. The number of aromatic nitrogens is 2. The summed E-state index contributed by atoms with van der Waals surface area (Å²) in [6.45, 7) is 2.58. The first-order chi connectivity index (χ1) is 12.2. The Morgan fingerprint density at radius 2 is 2.24 bits per heavy atom. The Balaban J connectivity index is 1.53. The van der Waals surface area contributed by atoms with E-state index in [0.29, 0.717) is 18.2 Å². The van der Waals surface area contributed by atoms with Gasteiger partial charge in [-0.05, 0) is 25.0 Å². The van der Waals surface area contributed by atoms with E-state index in [2.05, 4.69) is 20.2 Å². The highest BCUT2D eigenvalue weighted by Gasteiger charge is 2.19. The molecule has 1 aliphatic rings. The van der Waals surface area contributed by atoms with Crippen molar-refractivity contribution in [1.82, 2.24) is 15.3 Å². The fourth-order valence-electron chi connectivity index (χ4n) is 3.04. The molecule has 0 aliphatic carbocycles. The molecule has 0 saturated carbocycles. The summed E-state index contributed by atoms with van der Waals surface area (Å²) in [5.74, 6) is 0.956. The smallest absolute Gasteiger partial charge is 0.276 e. The number of nitrogens with zero attached hydrogens (tertiary/aromatic N) is 4. The minimum absolute atomic E-state index is 0.131. The molecule has 0 radical (unpaired) electrons. The maximum Gasteiger partial charge on any atom is 0.276 e. The average Bonchev–Trinajstić information content (AvgIpc) is 2.66. The summed E-state index contributed by atoms with van der Waals surface area (Å²) in [5, 5.41) is 14.5. The molecule has 7 heteroatoms. The Hall–Kier alpha value is -2.80. The number of hydrogen-bond acceptors (Lipinski definition) is 6. The summed E-state index contributed by atoms with van der Waals surface area (Å²) in [5.41, 5.74) is 0.756. The van der Waals surface area contributed by atoms with Gasteiger partial charge in [0.2, 0.25) is 0 Å². The molecule has 1 aliphatic heterocycles. The second-order valence-electron chi connectivity index (χ2n) is 5.98. The SMILES string of the molecule is O=[N+]([O-])c1ccccc1C=CCNC1CCCN(c2ccncn2)C1. The lowest BCUT2D eigenvalue weighted by atomic mass is 10.1. The Labute approximate surface area is 146 Å². The van der Waals surface area contributed by atoms with Gasteiger partial charge in [-0.15, -0.1) is 0 Å². The van der Waals surface area contributed by atoms with Crippen LogP contribution in [-0.4, -0.2) is 40.6 Å². The van der Waals surface area contributed by atoms with Crippen LogP contribution in [0.15, 0.2) is 48.9 Å². The van der Waals surface area contributed by atoms with E-state index in [1.165, 1.54) is 6.07 Å². The van der Waals surface area contributed by atoms with Crippen LogP contribution in [0, 0.1) is 10.1 Å². The van der Waals surface area contributed by atoms with Gasteiger partial charge in [-0.2, -0.15) is 0 Å². The highest BCUT2D eigenvalue weighted by molar-refractivity contribution is 5.60. The van der Waals surface area contributed by atoms with E-state index in [4.69, 9.17) is 0 Å². The molecule has 3 rings (SSSR count). The predicted octanol–water partition coefficient (Wildman–Crippen LogP) is 2.66. The van der Waals surface area contributed by atoms with Crippen LogP contribution in [0.25, 0.3) is 6.08 Å². The van der Waals surface area contributed by atoms with Crippen molar-refractivity contribution in [2.24, 2.45) is 0 Å². The van der Waals surface area contributed by atoms with Crippen molar-refractivity contribution in [1.29, 1.82) is 0 Å². The van der Waals surface area contributed by atoms with Gasteiger partial charge in [-0.25, -0.2) is 9.97 Å². The van der Waals surface area contributed by atoms with E-state index in [0.717, 1.165) is 31.7 Å². The zero-order valence-corrected chi connectivity index (χ0v) is 13.9. The number of para-hydroxylation sites is 1. The summed E-state index contributed by atoms with van der Waals surface area (Å²) >= 11 is 0. The molecule has 1 unspecified atom stereocenters. The van der Waals surface area contributed by atoms with Gasteiger partial charge in [-0.3, -0.25) is 10.1 Å². The van der Waals surface area contributed by atoms with Crippen LogP contribution in [-0.2, 0) is 0 Å². The molecule has 130 valence electrons. The van der Waals surface area contributed by atoms with Gasteiger partial charge in [0.25, 0.3) is 5.69 Å². The van der Waals surface area contributed by atoms with Gasteiger partial charge in [0.15, 0.2) is 0 Å². The molecule has 1 saturated heterocycles. The van der Waals surface area contributed by atoms with Gasteiger partial charge < -0.3 is 10.2 Å². The van der Waals surface area contributed by atoms with E-state index in [1.54, 1.807) is 36.8 Å². The third kappa shape index (κ3) is 4.60. The first-order valence-corrected chi connectivity index (χ1v) is 8.38. The van der Waals surface area contributed by atoms with E-state index in [1.807, 2.05) is 12.1 Å². The number of rotatable bonds is 6. The fourth-order valence-corrected chi connectivity index (χ4v) is 3.04. The lowest BCUT2D eigenvalue weighted by Crippen LogP contribution is -2.46. The first-order valence-electron chi connectivity index (χ1n) is 8.38. The summed E-state index contributed by atoms with van der Waals surface area (Å²) in [6.07, 6.45) is 9.29.